The molecule has 0 unspecified atom stereocenters. The van der Waals surface area contributed by atoms with Crippen molar-refractivity contribution in [1.82, 2.24) is 4.98 Å². The third kappa shape index (κ3) is 2.66. The zero-order chi connectivity index (χ0) is 13.3. The standard InChI is InChI=1S/C14H16BrNOS/c1-9-12(10-5-4-6-11(15)7-10)16-13(18-9)14(2,3)8-17/h4-7,17H,8H2,1-3H3. The summed E-state index contributed by atoms with van der Waals surface area (Å²) >= 11 is 5.14. The Labute approximate surface area is 120 Å². The highest BCUT2D eigenvalue weighted by Crippen LogP contribution is 2.34. The number of aliphatic hydroxyl groups is 1. The van der Waals surface area contributed by atoms with E-state index in [1.54, 1.807) is 11.3 Å². The number of hydrogen-bond acceptors (Lipinski definition) is 3. The second kappa shape index (κ2) is 5.11. The molecule has 4 heteroatoms. The number of aromatic nitrogens is 1. The zero-order valence-corrected chi connectivity index (χ0v) is 13.1. The highest BCUT2D eigenvalue weighted by molar-refractivity contribution is 9.10. The lowest BCUT2D eigenvalue weighted by atomic mass is 9.96. The molecule has 0 aliphatic heterocycles. The molecule has 0 aliphatic carbocycles. The highest BCUT2D eigenvalue weighted by atomic mass is 79.9. The Morgan fingerprint density at radius 3 is 2.72 bits per heavy atom. The van der Waals surface area contributed by atoms with Crippen LogP contribution in [0.15, 0.2) is 28.7 Å². The smallest absolute Gasteiger partial charge is 0.101 e. The molecule has 0 aliphatic rings. The molecule has 0 radical (unpaired) electrons. The summed E-state index contributed by atoms with van der Waals surface area (Å²) in [6, 6.07) is 8.14. The van der Waals surface area contributed by atoms with Crippen molar-refractivity contribution in [2.45, 2.75) is 26.2 Å². The van der Waals surface area contributed by atoms with Gasteiger partial charge in [-0.3, -0.25) is 0 Å². The van der Waals surface area contributed by atoms with Gasteiger partial charge in [0.15, 0.2) is 0 Å². The second-order valence-electron chi connectivity index (χ2n) is 4.98. The molecule has 2 aromatic rings. The summed E-state index contributed by atoms with van der Waals surface area (Å²) in [6.45, 7) is 6.20. The summed E-state index contributed by atoms with van der Waals surface area (Å²) in [5, 5.41) is 10.4. The number of hydrogen-bond donors (Lipinski definition) is 1. The first-order valence-electron chi connectivity index (χ1n) is 5.79. The molecule has 0 saturated carbocycles. The van der Waals surface area contributed by atoms with Crippen molar-refractivity contribution in [3.05, 3.63) is 38.6 Å². The Hall–Kier alpha value is -0.710. The van der Waals surface area contributed by atoms with Gasteiger partial charge in [-0.25, -0.2) is 4.98 Å². The van der Waals surface area contributed by atoms with Crippen LogP contribution in [-0.2, 0) is 5.41 Å². The predicted octanol–water partition coefficient (Wildman–Crippen LogP) is 4.15. The lowest BCUT2D eigenvalue weighted by Gasteiger charge is -2.17. The first-order chi connectivity index (χ1) is 8.44. The van der Waals surface area contributed by atoms with Crippen LogP contribution in [0, 0.1) is 6.92 Å². The van der Waals surface area contributed by atoms with Crippen molar-refractivity contribution in [2.24, 2.45) is 0 Å². The van der Waals surface area contributed by atoms with Gasteiger partial charge in [0, 0.05) is 20.3 Å². The molecule has 2 nitrogen and oxygen atoms in total. The third-order valence-corrected chi connectivity index (χ3v) is 4.70. The van der Waals surface area contributed by atoms with E-state index in [9.17, 15) is 5.11 Å². The lowest BCUT2D eigenvalue weighted by molar-refractivity contribution is 0.218. The molecule has 1 aromatic heterocycles. The summed E-state index contributed by atoms with van der Waals surface area (Å²) in [5.74, 6) is 0. The third-order valence-electron chi connectivity index (χ3n) is 2.87. The Kier molecular flexibility index (Phi) is 3.90. The van der Waals surface area contributed by atoms with Crippen molar-refractivity contribution in [3.63, 3.8) is 0 Å². The van der Waals surface area contributed by atoms with Gasteiger partial charge >= 0.3 is 0 Å². The van der Waals surface area contributed by atoms with Gasteiger partial charge in [-0.1, -0.05) is 41.9 Å². The average Bonchev–Trinajstić information content (AvgIpc) is 2.72. The molecule has 0 fully saturated rings. The van der Waals surface area contributed by atoms with E-state index in [0.29, 0.717) is 0 Å². The molecule has 1 N–H and O–H groups in total. The minimum atomic E-state index is -0.278. The molecule has 2 rings (SSSR count). The topological polar surface area (TPSA) is 33.1 Å². The van der Waals surface area contributed by atoms with Gasteiger partial charge in [0.25, 0.3) is 0 Å². The molecule has 0 amide bonds. The summed E-state index contributed by atoms with van der Waals surface area (Å²) in [4.78, 5) is 5.89. The summed E-state index contributed by atoms with van der Waals surface area (Å²) in [6.07, 6.45) is 0. The highest BCUT2D eigenvalue weighted by Gasteiger charge is 2.25. The maximum Gasteiger partial charge on any atom is 0.101 e. The molecule has 1 aromatic carbocycles. The van der Waals surface area contributed by atoms with E-state index in [1.807, 2.05) is 26.0 Å². The van der Waals surface area contributed by atoms with Gasteiger partial charge in [-0.05, 0) is 19.1 Å². The van der Waals surface area contributed by atoms with Crippen LogP contribution in [0.5, 0.6) is 0 Å². The summed E-state index contributed by atoms with van der Waals surface area (Å²) < 4.78 is 1.05. The largest absolute Gasteiger partial charge is 0.395 e. The first-order valence-corrected chi connectivity index (χ1v) is 7.40. The van der Waals surface area contributed by atoms with Gasteiger partial charge in [-0.2, -0.15) is 0 Å². The zero-order valence-electron chi connectivity index (χ0n) is 10.7. The van der Waals surface area contributed by atoms with Crippen LogP contribution in [0.2, 0.25) is 0 Å². The number of benzene rings is 1. The molecule has 0 atom stereocenters. The number of rotatable bonds is 3. The number of nitrogens with zero attached hydrogens (tertiary/aromatic N) is 1. The molecule has 0 spiro atoms. The van der Waals surface area contributed by atoms with Crippen molar-refractivity contribution >= 4 is 27.3 Å². The predicted molar refractivity (Wildman–Crippen MR) is 80.1 cm³/mol. The Balaban J connectivity index is 2.48. The number of aliphatic hydroxyl groups excluding tert-OH is 1. The van der Waals surface area contributed by atoms with Crippen LogP contribution in [0.3, 0.4) is 0 Å². The van der Waals surface area contributed by atoms with E-state index in [0.717, 1.165) is 20.7 Å². The molecule has 18 heavy (non-hydrogen) atoms. The molecular weight excluding hydrogens is 310 g/mol. The fraction of sp³-hybridized carbons (Fsp3) is 0.357. The van der Waals surface area contributed by atoms with Crippen molar-refractivity contribution < 1.29 is 5.11 Å². The van der Waals surface area contributed by atoms with Gasteiger partial charge in [0.2, 0.25) is 0 Å². The molecule has 0 saturated heterocycles. The van der Waals surface area contributed by atoms with Crippen molar-refractivity contribution in [3.8, 4) is 11.3 Å². The van der Waals surface area contributed by atoms with Gasteiger partial charge < -0.3 is 5.11 Å². The van der Waals surface area contributed by atoms with Crippen LogP contribution in [0.1, 0.15) is 23.7 Å². The van der Waals surface area contributed by atoms with Crippen molar-refractivity contribution in [2.75, 3.05) is 6.61 Å². The minimum absolute atomic E-state index is 0.109. The normalized spacial score (nSPS) is 11.8. The monoisotopic (exact) mass is 325 g/mol. The fourth-order valence-corrected chi connectivity index (χ4v) is 3.08. The van der Waals surface area contributed by atoms with E-state index in [-0.39, 0.29) is 12.0 Å². The van der Waals surface area contributed by atoms with E-state index in [1.165, 1.54) is 4.88 Å². The Morgan fingerprint density at radius 1 is 1.39 bits per heavy atom. The van der Waals surface area contributed by atoms with Crippen LogP contribution in [0.25, 0.3) is 11.3 Å². The Morgan fingerprint density at radius 2 is 2.11 bits per heavy atom. The fourth-order valence-electron chi connectivity index (χ4n) is 1.66. The van der Waals surface area contributed by atoms with E-state index >= 15 is 0 Å². The van der Waals surface area contributed by atoms with Gasteiger partial charge in [0.05, 0.1) is 12.3 Å². The van der Waals surface area contributed by atoms with Crippen LogP contribution < -0.4 is 0 Å². The molecular formula is C14H16BrNOS. The van der Waals surface area contributed by atoms with E-state index in [2.05, 4.69) is 35.0 Å². The van der Waals surface area contributed by atoms with Crippen molar-refractivity contribution in [1.29, 1.82) is 0 Å². The maximum absolute atomic E-state index is 9.42. The first kappa shape index (κ1) is 13.7. The SMILES string of the molecule is Cc1sc(C(C)(C)CO)nc1-c1cccc(Br)c1. The maximum atomic E-state index is 9.42. The minimum Gasteiger partial charge on any atom is -0.395 e. The number of halogens is 1. The second-order valence-corrected chi connectivity index (χ2v) is 7.10. The molecule has 0 bridgehead atoms. The number of aryl methyl sites for hydroxylation is 1. The van der Waals surface area contributed by atoms with Crippen LogP contribution >= 0.6 is 27.3 Å². The molecule has 1 heterocycles. The Bertz CT molecular complexity index is 563. The summed E-state index contributed by atoms with van der Waals surface area (Å²) in [7, 11) is 0. The van der Waals surface area contributed by atoms with E-state index in [4.69, 9.17) is 4.98 Å². The van der Waals surface area contributed by atoms with Crippen LogP contribution in [-0.4, -0.2) is 16.7 Å². The van der Waals surface area contributed by atoms with Crippen LogP contribution in [0.4, 0.5) is 0 Å². The summed E-state index contributed by atoms with van der Waals surface area (Å²) in [5.41, 5.74) is 1.84. The lowest BCUT2D eigenvalue weighted by Crippen LogP contribution is -2.21. The van der Waals surface area contributed by atoms with E-state index < -0.39 is 0 Å². The average molecular weight is 326 g/mol. The quantitative estimate of drug-likeness (QED) is 0.919. The van der Waals surface area contributed by atoms with Gasteiger partial charge in [0.1, 0.15) is 5.01 Å². The number of thiazole rings is 1. The molecule has 96 valence electrons. The van der Waals surface area contributed by atoms with Gasteiger partial charge in [-0.15, -0.1) is 11.3 Å².